The number of hydrogen-bond acceptors (Lipinski definition) is 6. The first-order chi connectivity index (χ1) is 15.1. The van der Waals surface area contributed by atoms with Crippen molar-refractivity contribution in [1.29, 1.82) is 0 Å². The van der Waals surface area contributed by atoms with Crippen molar-refractivity contribution in [2.75, 3.05) is 39.3 Å². The van der Waals surface area contributed by atoms with Crippen LogP contribution in [0.15, 0.2) is 52.8 Å². The van der Waals surface area contributed by atoms with Gasteiger partial charge < -0.3 is 19.0 Å². The van der Waals surface area contributed by atoms with Crippen LogP contribution in [0.4, 0.5) is 0 Å². The van der Waals surface area contributed by atoms with Gasteiger partial charge in [-0.05, 0) is 42.8 Å². The second-order valence-electron chi connectivity index (χ2n) is 7.79. The van der Waals surface area contributed by atoms with Crippen molar-refractivity contribution >= 4 is 17.4 Å². The number of carbonyl (C=O) groups excluding carboxylic acids is 2. The molecule has 0 spiro atoms. The van der Waals surface area contributed by atoms with Crippen LogP contribution in [0.2, 0.25) is 0 Å². The number of imide groups is 1. The van der Waals surface area contributed by atoms with Crippen LogP contribution in [0.25, 0.3) is 5.57 Å². The Morgan fingerprint density at radius 3 is 2.32 bits per heavy atom. The van der Waals surface area contributed by atoms with E-state index in [1.807, 2.05) is 24.3 Å². The summed E-state index contributed by atoms with van der Waals surface area (Å²) in [4.78, 5) is 32.5. The van der Waals surface area contributed by atoms with Crippen LogP contribution in [-0.4, -0.2) is 65.8 Å². The summed E-state index contributed by atoms with van der Waals surface area (Å²) in [5.41, 5.74) is 1.69. The van der Waals surface area contributed by atoms with Crippen molar-refractivity contribution in [3.8, 4) is 5.75 Å². The summed E-state index contributed by atoms with van der Waals surface area (Å²) in [7, 11) is 0. The van der Waals surface area contributed by atoms with Crippen LogP contribution in [-0.2, 0) is 16.1 Å². The van der Waals surface area contributed by atoms with Crippen LogP contribution in [0, 0.1) is 0 Å². The van der Waals surface area contributed by atoms with Gasteiger partial charge in [-0.1, -0.05) is 26.0 Å². The van der Waals surface area contributed by atoms with Crippen molar-refractivity contribution in [3.05, 3.63) is 59.7 Å². The summed E-state index contributed by atoms with van der Waals surface area (Å²) in [6, 6.07) is 11.0. The SMILES string of the molecule is CCCOc1ccc(C2=C(N3CCN(CC)CC3)C(=O)N(Cc3ccco3)C2=O)cc1. The molecular formula is C24H29N3O4. The van der Waals surface area contributed by atoms with E-state index in [-0.39, 0.29) is 18.4 Å². The van der Waals surface area contributed by atoms with E-state index in [4.69, 9.17) is 9.15 Å². The first-order valence-electron chi connectivity index (χ1n) is 11.0. The highest BCUT2D eigenvalue weighted by molar-refractivity contribution is 6.35. The summed E-state index contributed by atoms with van der Waals surface area (Å²) in [6.07, 6.45) is 2.48. The van der Waals surface area contributed by atoms with Gasteiger partial charge in [0.25, 0.3) is 11.8 Å². The standard InChI is InChI=1S/C24H29N3O4/c1-3-15-30-19-9-7-18(8-10-19)21-22(26-13-11-25(4-2)12-14-26)24(29)27(23(21)28)17-20-6-5-16-31-20/h5-10,16H,3-4,11-15,17H2,1-2H3. The molecule has 1 aromatic carbocycles. The molecule has 2 aromatic rings. The molecule has 3 heterocycles. The molecule has 2 aliphatic rings. The van der Waals surface area contributed by atoms with E-state index >= 15 is 0 Å². The lowest BCUT2D eigenvalue weighted by Crippen LogP contribution is -2.47. The van der Waals surface area contributed by atoms with E-state index in [9.17, 15) is 9.59 Å². The van der Waals surface area contributed by atoms with Gasteiger partial charge in [-0.3, -0.25) is 14.5 Å². The Labute approximate surface area is 182 Å². The molecule has 0 unspecified atom stereocenters. The number of likely N-dealkylation sites (N-methyl/N-ethyl adjacent to an activating group) is 1. The number of rotatable bonds is 8. The highest BCUT2D eigenvalue weighted by Gasteiger charge is 2.42. The van der Waals surface area contributed by atoms with Crippen LogP contribution in [0.3, 0.4) is 0 Å². The fourth-order valence-corrected chi connectivity index (χ4v) is 4.04. The van der Waals surface area contributed by atoms with Gasteiger partial charge in [-0.25, -0.2) is 0 Å². The normalized spacial score (nSPS) is 17.7. The third kappa shape index (κ3) is 4.37. The molecule has 2 amide bonds. The van der Waals surface area contributed by atoms with E-state index < -0.39 is 0 Å². The van der Waals surface area contributed by atoms with Crippen molar-refractivity contribution < 1.29 is 18.7 Å². The molecule has 1 aromatic heterocycles. The fraction of sp³-hybridized carbons (Fsp3) is 0.417. The number of hydrogen-bond donors (Lipinski definition) is 0. The minimum atomic E-state index is -0.281. The second-order valence-corrected chi connectivity index (χ2v) is 7.79. The van der Waals surface area contributed by atoms with Crippen LogP contribution >= 0.6 is 0 Å². The summed E-state index contributed by atoms with van der Waals surface area (Å²) in [5, 5.41) is 0. The van der Waals surface area contributed by atoms with Gasteiger partial charge in [0.1, 0.15) is 17.2 Å². The molecule has 2 aliphatic heterocycles. The van der Waals surface area contributed by atoms with Gasteiger partial charge in [0.2, 0.25) is 0 Å². The van der Waals surface area contributed by atoms with E-state index in [1.165, 1.54) is 4.90 Å². The molecule has 0 saturated carbocycles. The Kier molecular flexibility index (Phi) is 6.42. The molecule has 1 fully saturated rings. The van der Waals surface area contributed by atoms with Crippen molar-refractivity contribution in [3.63, 3.8) is 0 Å². The maximum absolute atomic E-state index is 13.4. The fourth-order valence-electron chi connectivity index (χ4n) is 4.04. The second kappa shape index (κ2) is 9.39. The largest absolute Gasteiger partial charge is 0.494 e. The molecule has 0 radical (unpaired) electrons. The minimum absolute atomic E-state index is 0.129. The Morgan fingerprint density at radius 2 is 1.71 bits per heavy atom. The van der Waals surface area contributed by atoms with Gasteiger partial charge in [0.05, 0.1) is 25.0 Å². The number of amides is 2. The Balaban J connectivity index is 1.66. The van der Waals surface area contributed by atoms with Gasteiger partial charge >= 0.3 is 0 Å². The van der Waals surface area contributed by atoms with E-state index in [2.05, 4.69) is 23.6 Å². The molecule has 1 saturated heterocycles. The van der Waals surface area contributed by atoms with Crippen molar-refractivity contribution in [1.82, 2.24) is 14.7 Å². The zero-order chi connectivity index (χ0) is 21.8. The average Bonchev–Trinajstić information content (AvgIpc) is 3.40. The molecular weight excluding hydrogens is 394 g/mol. The number of carbonyl (C=O) groups is 2. The lowest BCUT2D eigenvalue weighted by atomic mass is 10.0. The van der Waals surface area contributed by atoms with Gasteiger partial charge in [0.15, 0.2) is 0 Å². The minimum Gasteiger partial charge on any atom is -0.494 e. The lowest BCUT2D eigenvalue weighted by Gasteiger charge is -2.35. The van der Waals surface area contributed by atoms with Gasteiger partial charge in [-0.15, -0.1) is 0 Å². The maximum atomic E-state index is 13.4. The van der Waals surface area contributed by atoms with Gasteiger partial charge in [-0.2, -0.15) is 0 Å². The van der Waals surface area contributed by atoms with Crippen molar-refractivity contribution in [2.24, 2.45) is 0 Å². The predicted octanol–water partition coefficient (Wildman–Crippen LogP) is 2.99. The quantitative estimate of drug-likeness (QED) is 0.608. The van der Waals surface area contributed by atoms with Crippen molar-refractivity contribution in [2.45, 2.75) is 26.8 Å². The molecule has 0 aliphatic carbocycles. The zero-order valence-electron chi connectivity index (χ0n) is 18.2. The first kappa shape index (κ1) is 21.2. The highest BCUT2D eigenvalue weighted by atomic mass is 16.5. The molecule has 0 bridgehead atoms. The maximum Gasteiger partial charge on any atom is 0.278 e. The molecule has 0 atom stereocenters. The Morgan fingerprint density at radius 1 is 0.968 bits per heavy atom. The average molecular weight is 424 g/mol. The molecule has 7 nitrogen and oxygen atoms in total. The highest BCUT2D eigenvalue weighted by Crippen LogP contribution is 2.34. The molecule has 0 N–H and O–H groups in total. The number of benzene rings is 1. The molecule has 164 valence electrons. The predicted molar refractivity (Wildman–Crippen MR) is 117 cm³/mol. The Hall–Kier alpha value is -3.06. The number of nitrogens with zero attached hydrogens (tertiary/aromatic N) is 3. The van der Waals surface area contributed by atoms with E-state index in [0.717, 1.165) is 50.5 Å². The summed E-state index contributed by atoms with van der Waals surface area (Å²) in [5.74, 6) is 0.805. The third-order valence-electron chi connectivity index (χ3n) is 5.79. The van der Waals surface area contributed by atoms with Gasteiger partial charge in [0, 0.05) is 26.2 Å². The summed E-state index contributed by atoms with van der Waals surface area (Å²) >= 11 is 0. The van der Waals surface area contributed by atoms with E-state index in [0.29, 0.717) is 23.6 Å². The topological polar surface area (TPSA) is 66.2 Å². The number of furan rings is 1. The molecule has 4 rings (SSSR count). The monoisotopic (exact) mass is 423 g/mol. The smallest absolute Gasteiger partial charge is 0.278 e. The molecule has 31 heavy (non-hydrogen) atoms. The van der Waals surface area contributed by atoms with Crippen LogP contribution in [0.5, 0.6) is 5.75 Å². The summed E-state index contributed by atoms with van der Waals surface area (Å²) < 4.78 is 11.1. The summed E-state index contributed by atoms with van der Waals surface area (Å²) in [6.45, 7) is 9.13. The van der Waals surface area contributed by atoms with Crippen LogP contribution in [0.1, 0.15) is 31.6 Å². The Bertz CT molecular complexity index is 942. The third-order valence-corrected chi connectivity index (χ3v) is 5.79. The zero-order valence-corrected chi connectivity index (χ0v) is 18.2. The first-order valence-corrected chi connectivity index (χ1v) is 11.0. The molecule has 7 heteroatoms. The van der Waals surface area contributed by atoms with E-state index in [1.54, 1.807) is 18.4 Å². The lowest BCUT2D eigenvalue weighted by molar-refractivity contribution is -0.138. The number of piperazine rings is 1. The number of ether oxygens (including phenoxy) is 1. The van der Waals surface area contributed by atoms with Crippen LogP contribution < -0.4 is 4.74 Å².